The van der Waals surface area contributed by atoms with Gasteiger partial charge in [-0.1, -0.05) is 13.0 Å². The van der Waals surface area contributed by atoms with Gasteiger partial charge in [0.05, 0.1) is 28.7 Å². The Bertz CT molecular complexity index is 1760. The summed E-state index contributed by atoms with van der Waals surface area (Å²) in [5.41, 5.74) is -0.558. The van der Waals surface area contributed by atoms with E-state index in [1.807, 2.05) is 18.5 Å². The topological polar surface area (TPSA) is 122 Å². The van der Waals surface area contributed by atoms with Crippen molar-refractivity contribution in [2.75, 3.05) is 18.1 Å². The molecule has 11 nitrogen and oxygen atoms in total. The molecule has 3 aromatic heterocycles. The van der Waals surface area contributed by atoms with Crippen LogP contribution < -0.4 is 19.7 Å². The number of alkyl halides is 3. The van der Waals surface area contributed by atoms with E-state index in [1.165, 1.54) is 23.0 Å². The van der Waals surface area contributed by atoms with E-state index < -0.39 is 11.6 Å². The van der Waals surface area contributed by atoms with Crippen molar-refractivity contribution in [1.29, 1.82) is 0 Å². The number of carbonyl (C=O) groups is 1. The highest BCUT2D eigenvalue weighted by molar-refractivity contribution is 8.01. The summed E-state index contributed by atoms with van der Waals surface area (Å²) in [6.07, 6.45) is 8.11. The van der Waals surface area contributed by atoms with E-state index >= 15 is 0 Å². The lowest BCUT2D eigenvalue weighted by Crippen LogP contribution is -2.40. The first-order chi connectivity index (χ1) is 23.4. The van der Waals surface area contributed by atoms with Gasteiger partial charge in [-0.25, -0.2) is 19.6 Å². The number of allylic oxidation sites excluding steroid dienone is 1. The summed E-state index contributed by atoms with van der Waals surface area (Å²) in [5, 5.41) is 8.66. The number of fused-ring (bicyclic) bond motifs is 6. The Labute approximate surface area is 287 Å². The van der Waals surface area contributed by atoms with Crippen molar-refractivity contribution in [2.45, 2.75) is 83.5 Å². The average molecular weight is 696 g/mol. The van der Waals surface area contributed by atoms with Crippen LogP contribution in [0.5, 0.6) is 5.88 Å². The van der Waals surface area contributed by atoms with Crippen molar-refractivity contribution in [3.63, 3.8) is 0 Å². The van der Waals surface area contributed by atoms with Crippen molar-refractivity contribution < 1.29 is 22.7 Å². The van der Waals surface area contributed by atoms with Gasteiger partial charge in [0.1, 0.15) is 18.0 Å². The van der Waals surface area contributed by atoms with Crippen LogP contribution in [0.25, 0.3) is 5.82 Å². The Balaban J connectivity index is 1.18. The van der Waals surface area contributed by atoms with Crippen LogP contribution in [0, 0.1) is 17.3 Å². The third-order valence-corrected chi connectivity index (χ3v) is 11.0. The molecule has 1 saturated carbocycles. The molecular formula is C34H40F3N9O2S. The molecule has 2 N–H and O–H groups in total. The first-order valence-corrected chi connectivity index (χ1v) is 17.5. The van der Waals surface area contributed by atoms with Crippen molar-refractivity contribution in [1.82, 2.24) is 34.8 Å². The molecule has 1 amide bonds. The molecule has 3 aliphatic heterocycles. The first-order valence-electron chi connectivity index (χ1n) is 16.7. The lowest BCUT2D eigenvalue weighted by molar-refractivity contribution is -0.190. The van der Waals surface area contributed by atoms with Crippen LogP contribution >= 0.6 is 11.9 Å². The highest BCUT2D eigenvalue weighted by atomic mass is 32.2. The van der Waals surface area contributed by atoms with Crippen molar-refractivity contribution in [3.8, 4) is 11.7 Å². The minimum Gasteiger partial charge on any atom is -0.477 e. The predicted octanol–water partition coefficient (Wildman–Crippen LogP) is 6.56. The first kappa shape index (κ1) is 33.4. The van der Waals surface area contributed by atoms with Gasteiger partial charge >= 0.3 is 6.18 Å². The summed E-state index contributed by atoms with van der Waals surface area (Å²) in [5.74, 6) is 2.37. The number of ether oxygens (including phenoxy) is 1. The maximum absolute atomic E-state index is 13.8. The fourth-order valence-electron chi connectivity index (χ4n) is 7.08. The number of aliphatic imine (C=N–C) groups is 1. The van der Waals surface area contributed by atoms with Gasteiger partial charge in [-0.05, 0) is 76.3 Å². The monoisotopic (exact) mass is 695 g/mol. The normalized spacial score (nSPS) is 24.7. The molecule has 6 heterocycles. The molecule has 0 aromatic carbocycles. The Morgan fingerprint density at radius 3 is 2.69 bits per heavy atom. The molecule has 15 heteroatoms. The van der Waals surface area contributed by atoms with Crippen LogP contribution in [0.3, 0.4) is 0 Å². The molecule has 7 rings (SSSR count). The van der Waals surface area contributed by atoms with E-state index in [2.05, 4.69) is 50.8 Å². The molecule has 2 fully saturated rings. The van der Waals surface area contributed by atoms with Crippen LogP contribution in [0.2, 0.25) is 0 Å². The van der Waals surface area contributed by atoms with E-state index in [9.17, 15) is 18.0 Å². The molecule has 1 aliphatic carbocycles. The highest BCUT2D eigenvalue weighted by Gasteiger charge is 2.62. The van der Waals surface area contributed by atoms with E-state index in [1.54, 1.807) is 24.4 Å². The zero-order valence-corrected chi connectivity index (χ0v) is 28.5. The number of nitrogens with one attached hydrogen (secondary N) is 2. The van der Waals surface area contributed by atoms with Gasteiger partial charge in [0.25, 0.3) is 5.91 Å². The van der Waals surface area contributed by atoms with E-state index in [4.69, 9.17) is 14.7 Å². The fourth-order valence-corrected chi connectivity index (χ4v) is 7.77. The fraction of sp³-hybridized carbons (Fsp3) is 0.529. The summed E-state index contributed by atoms with van der Waals surface area (Å²) < 4.78 is 50.3. The van der Waals surface area contributed by atoms with Gasteiger partial charge in [-0.15, -0.1) is 5.10 Å². The second-order valence-electron chi connectivity index (χ2n) is 14.1. The summed E-state index contributed by atoms with van der Waals surface area (Å²) in [6, 6.07) is 4.95. The molecule has 0 radical (unpaired) electrons. The number of hydrogen-bond acceptors (Lipinski definition) is 10. The molecule has 4 bridgehead atoms. The predicted molar refractivity (Wildman–Crippen MR) is 180 cm³/mol. The summed E-state index contributed by atoms with van der Waals surface area (Å²) >= 11 is 1.21. The van der Waals surface area contributed by atoms with Crippen molar-refractivity contribution >= 4 is 29.5 Å². The van der Waals surface area contributed by atoms with Gasteiger partial charge in [0, 0.05) is 60.7 Å². The molecule has 0 spiro atoms. The molecule has 3 unspecified atom stereocenters. The molecular weight excluding hydrogens is 655 g/mol. The number of nitrogens with zero attached hydrogens (tertiary/aromatic N) is 7. The number of aromatic nitrogens is 5. The minimum absolute atomic E-state index is 0.0799. The summed E-state index contributed by atoms with van der Waals surface area (Å²) in [6.45, 7) is 7.21. The molecule has 3 aromatic rings. The average Bonchev–Trinajstić information content (AvgIpc) is 3.62. The quantitative estimate of drug-likeness (QED) is 0.276. The van der Waals surface area contributed by atoms with Gasteiger partial charge in [0.2, 0.25) is 5.88 Å². The molecule has 4 aliphatic rings. The number of pyridine rings is 1. The van der Waals surface area contributed by atoms with Crippen molar-refractivity contribution in [3.05, 3.63) is 65.3 Å². The summed E-state index contributed by atoms with van der Waals surface area (Å²) in [4.78, 5) is 34.7. The lowest BCUT2D eigenvalue weighted by Gasteiger charge is -2.34. The van der Waals surface area contributed by atoms with Crippen LogP contribution in [-0.2, 0) is 0 Å². The molecule has 260 valence electrons. The van der Waals surface area contributed by atoms with E-state index in [-0.39, 0.29) is 61.1 Å². The minimum atomic E-state index is -4.22. The number of carbonyl (C=O) groups excluding carboxylic acids is 1. The second-order valence-corrected chi connectivity index (χ2v) is 15.0. The van der Waals surface area contributed by atoms with Crippen LogP contribution in [0.15, 0.2) is 59.2 Å². The Morgan fingerprint density at radius 1 is 1.14 bits per heavy atom. The number of amidine groups is 1. The highest BCUT2D eigenvalue weighted by Crippen LogP contribution is 2.59. The third-order valence-electron chi connectivity index (χ3n) is 10.3. The van der Waals surface area contributed by atoms with E-state index in [0.29, 0.717) is 23.7 Å². The largest absolute Gasteiger partial charge is 0.477 e. The Morgan fingerprint density at radius 2 is 1.94 bits per heavy atom. The number of amides is 1. The number of rotatable bonds is 6. The van der Waals surface area contributed by atoms with Gasteiger partial charge in [0.15, 0.2) is 5.82 Å². The van der Waals surface area contributed by atoms with Gasteiger partial charge < -0.3 is 15.0 Å². The van der Waals surface area contributed by atoms with Crippen LogP contribution in [0.1, 0.15) is 87.7 Å². The standard InChI is InChI=1S/C34H40F3N9O2S/c1-21-15-25(23-17-38-20-39-18-23)40-26-5-4-6-29(41-26)49-44-31(47)24-7-8-27(42-30(24)45-19-22(21)16-32(45,2)3)46-13-9-28(43-46)48-14-12-33(10-11-33)34(35,36)37/h6-9,13,17-18,20-22,25H,4-5,10-12,14-16,19H2,1-3H3,(H,40,41)(H,44,47). The van der Waals surface area contributed by atoms with Gasteiger partial charge in [-0.2, -0.15) is 13.2 Å². The van der Waals surface area contributed by atoms with Gasteiger partial charge in [-0.3, -0.25) is 14.5 Å². The number of anilines is 1. The maximum atomic E-state index is 13.8. The third kappa shape index (κ3) is 6.99. The van der Waals surface area contributed by atoms with E-state index in [0.717, 1.165) is 42.1 Å². The van der Waals surface area contributed by atoms with Crippen molar-refractivity contribution in [2.24, 2.45) is 22.2 Å². The number of hydrogen-bond donors (Lipinski definition) is 2. The zero-order chi connectivity index (χ0) is 34.4. The molecule has 3 atom stereocenters. The SMILES string of the molecule is CC1CC(c2cncnc2)N=C2CCC=C(N2)SNC(=O)c2ccc(-n3ccc(OCCC4(C(F)(F)F)CC4)n3)nc2N2CC1CC2(C)C. The molecule has 1 saturated heterocycles. The summed E-state index contributed by atoms with van der Waals surface area (Å²) in [7, 11) is 0. The Hall–Kier alpha value is -4.14. The van der Waals surface area contributed by atoms with Crippen LogP contribution in [-0.4, -0.2) is 61.3 Å². The Kier molecular flexibility index (Phi) is 8.82. The maximum Gasteiger partial charge on any atom is 0.394 e. The lowest BCUT2D eigenvalue weighted by atomic mass is 9.83. The zero-order valence-electron chi connectivity index (χ0n) is 27.7. The van der Waals surface area contributed by atoms with Crippen LogP contribution in [0.4, 0.5) is 19.0 Å². The molecule has 49 heavy (non-hydrogen) atoms. The number of halogens is 3. The smallest absolute Gasteiger partial charge is 0.394 e. The second kappa shape index (κ2) is 13.0.